The molecule has 0 aliphatic rings. The summed E-state index contributed by atoms with van der Waals surface area (Å²) in [5, 5.41) is 0. The number of carbonyl (C=O) groups excluding carboxylic acids is 3. The topological polar surface area (TPSA) is 78.9 Å². The van der Waals surface area contributed by atoms with Crippen molar-refractivity contribution in [3.05, 3.63) is 0 Å². The molecule has 0 spiro atoms. The van der Waals surface area contributed by atoms with Gasteiger partial charge >= 0.3 is 17.9 Å². The molecule has 0 saturated heterocycles. The van der Waals surface area contributed by atoms with Gasteiger partial charge in [0.1, 0.15) is 13.2 Å². The summed E-state index contributed by atoms with van der Waals surface area (Å²) in [5.41, 5.74) is 0. The molecule has 338 valence electrons. The zero-order valence-electron chi connectivity index (χ0n) is 38.8. The highest BCUT2D eigenvalue weighted by molar-refractivity contribution is 5.71. The minimum Gasteiger partial charge on any atom is -0.462 e. The second-order valence-electron chi connectivity index (χ2n) is 17.9. The molecule has 0 fully saturated rings. The van der Waals surface area contributed by atoms with Crippen molar-refractivity contribution in [2.24, 2.45) is 5.92 Å². The molecule has 0 unspecified atom stereocenters. The van der Waals surface area contributed by atoms with E-state index in [-0.39, 0.29) is 31.1 Å². The Labute approximate surface area is 355 Å². The zero-order chi connectivity index (χ0) is 41.7. The van der Waals surface area contributed by atoms with E-state index in [0.717, 1.165) is 63.7 Å². The first-order valence-corrected chi connectivity index (χ1v) is 25.4. The van der Waals surface area contributed by atoms with Gasteiger partial charge in [-0.25, -0.2) is 0 Å². The number of hydrogen-bond donors (Lipinski definition) is 0. The first-order valence-electron chi connectivity index (χ1n) is 25.4. The van der Waals surface area contributed by atoms with Gasteiger partial charge in [0.05, 0.1) is 0 Å². The van der Waals surface area contributed by atoms with Gasteiger partial charge < -0.3 is 14.2 Å². The van der Waals surface area contributed by atoms with E-state index in [2.05, 4.69) is 27.7 Å². The highest BCUT2D eigenvalue weighted by Crippen LogP contribution is 2.17. The van der Waals surface area contributed by atoms with Gasteiger partial charge in [0, 0.05) is 19.3 Å². The van der Waals surface area contributed by atoms with Gasteiger partial charge in [-0.05, 0) is 25.2 Å². The molecular formula is C51H98O6. The van der Waals surface area contributed by atoms with Gasteiger partial charge in [0.25, 0.3) is 0 Å². The van der Waals surface area contributed by atoms with Crippen molar-refractivity contribution in [3.8, 4) is 0 Å². The SMILES string of the molecule is CCCCCCCCCCCCCCCCCCCCCC(=O)O[C@H](COC(=O)CCCCCCCCCCCC)COC(=O)CCCCCCCCCC(C)C. The first-order chi connectivity index (χ1) is 27.9. The maximum absolute atomic E-state index is 12.8. The Morgan fingerprint density at radius 2 is 0.579 bits per heavy atom. The lowest BCUT2D eigenvalue weighted by atomic mass is 10.0. The van der Waals surface area contributed by atoms with Gasteiger partial charge in [-0.2, -0.15) is 0 Å². The standard InChI is InChI=1S/C51H98O6/c1-5-7-9-11-13-15-17-18-19-20-21-22-23-24-25-27-31-36-40-44-51(54)57-48(45-55-49(52)42-38-34-30-26-16-14-12-10-8-6-2)46-56-50(53)43-39-35-32-28-29-33-37-41-47(3)4/h47-48H,5-46H2,1-4H3/t48-/m1/s1. The second-order valence-corrected chi connectivity index (χ2v) is 17.9. The number of hydrogen-bond acceptors (Lipinski definition) is 6. The van der Waals surface area contributed by atoms with Crippen LogP contribution in [0.5, 0.6) is 0 Å². The fraction of sp³-hybridized carbons (Fsp3) is 0.941. The molecule has 0 aromatic carbocycles. The van der Waals surface area contributed by atoms with Crippen LogP contribution in [-0.4, -0.2) is 37.2 Å². The Morgan fingerprint density at radius 1 is 0.333 bits per heavy atom. The van der Waals surface area contributed by atoms with Crippen molar-refractivity contribution in [2.45, 2.75) is 291 Å². The summed E-state index contributed by atoms with van der Waals surface area (Å²) in [6.07, 6.45) is 46.7. The monoisotopic (exact) mass is 807 g/mol. The largest absolute Gasteiger partial charge is 0.462 e. The second kappa shape index (κ2) is 45.5. The van der Waals surface area contributed by atoms with Crippen LogP contribution in [0, 0.1) is 5.92 Å². The van der Waals surface area contributed by atoms with Crippen LogP contribution in [-0.2, 0) is 28.6 Å². The average Bonchev–Trinajstić information content (AvgIpc) is 3.19. The van der Waals surface area contributed by atoms with E-state index < -0.39 is 6.10 Å². The zero-order valence-corrected chi connectivity index (χ0v) is 38.8. The Hall–Kier alpha value is -1.59. The molecule has 0 saturated carbocycles. The van der Waals surface area contributed by atoms with E-state index in [1.54, 1.807) is 0 Å². The summed E-state index contributed by atoms with van der Waals surface area (Å²) >= 11 is 0. The predicted molar refractivity (Wildman–Crippen MR) is 243 cm³/mol. The quantitative estimate of drug-likeness (QED) is 0.0346. The highest BCUT2D eigenvalue weighted by atomic mass is 16.6. The summed E-state index contributed by atoms with van der Waals surface area (Å²) in [4.78, 5) is 37.8. The van der Waals surface area contributed by atoms with Crippen molar-refractivity contribution in [2.75, 3.05) is 13.2 Å². The van der Waals surface area contributed by atoms with Gasteiger partial charge in [-0.1, -0.05) is 246 Å². The van der Waals surface area contributed by atoms with E-state index in [1.165, 1.54) is 180 Å². The number of ether oxygens (including phenoxy) is 3. The summed E-state index contributed by atoms with van der Waals surface area (Å²) in [7, 11) is 0. The van der Waals surface area contributed by atoms with Crippen LogP contribution in [0.4, 0.5) is 0 Å². The van der Waals surface area contributed by atoms with Crippen molar-refractivity contribution in [1.29, 1.82) is 0 Å². The smallest absolute Gasteiger partial charge is 0.306 e. The molecule has 1 atom stereocenters. The fourth-order valence-corrected chi connectivity index (χ4v) is 7.69. The maximum atomic E-state index is 12.8. The van der Waals surface area contributed by atoms with Crippen LogP contribution in [0.3, 0.4) is 0 Å². The summed E-state index contributed by atoms with van der Waals surface area (Å²) in [6.45, 7) is 8.96. The average molecular weight is 807 g/mol. The third-order valence-corrected chi connectivity index (χ3v) is 11.5. The van der Waals surface area contributed by atoms with E-state index in [9.17, 15) is 14.4 Å². The van der Waals surface area contributed by atoms with Gasteiger partial charge in [-0.15, -0.1) is 0 Å². The minimum atomic E-state index is -0.760. The van der Waals surface area contributed by atoms with Crippen LogP contribution >= 0.6 is 0 Å². The molecule has 0 aliphatic carbocycles. The van der Waals surface area contributed by atoms with Crippen molar-refractivity contribution < 1.29 is 28.6 Å². The molecule has 0 bridgehead atoms. The van der Waals surface area contributed by atoms with Crippen LogP contribution in [0.25, 0.3) is 0 Å². The lowest BCUT2D eigenvalue weighted by Crippen LogP contribution is -2.30. The van der Waals surface area contributed by atoms with Crippen molar-refractivity contribution >= 4 is 17.9 Å². The van der Waals surface area contributed by atoms with Crippen LogP contribution in [0.1, 0.15) is 285 Å². The number of carbonyl (C=O) groups is 3. The Bertz CT molecular complexity index is 857. The number of esters is 3. The minimum absolute atomic E-state index is 0.0639. The Morgan fingerprint density at radius 3 is 0.860 bits per heavy atom. The van der Waals surface area contributed by atoms with Crippen LogP contribution in [0.15, 0.2) is 0 Å². The van der Waals surface area contributed by atoms with Crippen molar-refractivity contribution in [3.63, 3.8) is 0 Å². The number of unbranched alkanes of at least 4 members (excludes halogenated alkanes) is 33. The third-order valence-electron chi connectivity index (χ3n) is 11.5. The van der Waals surface area contributed by atoms with E-state index in [0.29, 0.717) is 19.3 Å². The summed E-state index contributed by atoms with van der Waals surface area (Å²) < 4.78 is 16.8. The van der Waals surface area contributed by atoms with E-state index in [1.807, 2.05) is 0 Å². The molecule has 0 amide bonds. The van der Waals surface area contributed by atoms with Gasteiger partial charge in [0.2, 0.25) is 0 Å². The first kappa shape index (κ1) is 55.4. The van der Waals surface area contributed by atoms with Gasteiger partial charge in [-0.3, -0.25) is 14.4 Å². The molecule has 0 N–H and O–H groups in total. The summed E-state index contributed by atoms with van der Waals surface area (Å²) in [5.74, 6) is -0.0700. The molecule has 57 heavy (non-hydrogen) atoms. The molecule has 0 radical (unpaired) electrons. The van der Waals surface area contributed by atoms with Crippen molar-refractivity contribution in [1.82, 2.24) is 0 Å². The molecule has 0 rings (SSSR count). The lowest BCUT2D eigenvalue weighted by Gasteiger charge is -2.18. The van der Waals surface area contributed by atoms with E-state index in [4.69, 9.17) is 14.2 Å². The maximum Gasteiger partial charge on any atom is 0.306 e. The molecule has 0 aromatic rings. The van der Waals surface area contributed by atoms with Crippen LogP contribution < -0.4 is 0 Å². The predicted octanol–water partition coefficient (Wildman–Crippen LogP) is 16.3. The number of rotatable bonds is 46. The highest BCUT2D eigenvalue weighted by Gasteiger charge is 2.19. The molecule has 0 heterocycles. The van der Waals surface area contributed by atoms with E-state index >= 15 is 0 Å². The summed E-state index contributed by atoms with van der Waals surface area (Å²) in [6, 6.07) is 0. The lowest BCUT2D eigenvalue weighted by molar-refractivity contribution is -0.167. The van der Waals surface area contributed by atoms with Gasteiger partial charge in [0.15, 0.2) is 6.10 Å². The van der Waals surface area contributed by atoms with Crippen LogP contribution in [0.2, 0.25) is 0 Å². The fourth-order valence-electron chi connectivity index (χ4n) is 7.69. The molecule has 0 aliphatic heterocycles. The molecule has 6 nitrogen and oxygen atoms in total. The molecule has 0 aromatic heterocycles. The molecular weight excluding hydrogens is 709 g/mol. The Kier molecular flexibility index (Phi) is 44.2. The Balaban J connectivity index is 4.23. The molecule has 6 heteroatoms. The normalized spacial score (nSPS) is 11.9. The third kappa shape index (κ3) is 45.3.